The van der Waals surface area contributed by atoms with E-state index in [4.69, 9.17) is 17.0 Å². The summed E-state index contributed by atoms with van der Waals surface area (Å²) in [6, 6.07) is 23.1. The smallest absolute Gasteiger partial charge is 0.234 e. The molecule has 0 aliphatic heterocycles. The largest absolute Gasteiger partial charge is 0.497 e. The van der Waals surface area contributed by atoms with Crippen molar-refractivity contribution in [1.82, 2.24) is 0 Å². The Kier molecular flexibility index (Phi) is 7.70. The normalized spacial score (nSPS) is 10.2. The molecule has 0 atom stereocenters. The van der Waals surface area contributed by atoms with E-state index < -0.39 is 0 Å². The Morgan fingerprint density at radius 3 is 2.23 bits per heavy atom. The molecular weight excluding hydrogens is 414 g/mol. The van der Waals surface area contributed by atoms with E-state index in [0.717, 1.165) is 27.7 Å². The summed E-state index contributed by atoms with van der Waals surface area (Å²) in [7, 11) is 1.61. The third-order valence-electron chi connectivity index (χ3n) is 4.15. The number of hydrogen-bond donors (Lipinski definition) is 3. The zero-order valence-electron chi connectivity index (χ0n) is 16.8. The molecule has 154 valence electrons. The number of amides is 1. The second kappa shape index (κ2) is 10.7. The third kappa shape index (κ3) is 6.79. The fourth-order valence-electron chi connectivity index (χ4n) is 2.61. The van der Waals surface area contributed by atoms with Crippen LogP contribution in [0.25, 0.3) is 0 Å². The van der Waals surface area contributed by atoms with E-state index in [2.05, 4.69) is 16.0 Å². The summed E-state index contributed by atoms with van der Waals surface area (Å²) in [6.07, 6.45) is 0. The molecule has 5 nitrogen and oxygen atoms in total. The first-order valence-corrected chi connectivity index (χ1v) is 10.7. The molecular formula is C23H23N3O2S2. The molecule has 0 radical (unpaired) electrons. The van der Waals surface area contributed by atoms with Crippen LogP contribution < -0.4 is 20.7 Å². The van der Waals surface area contributed by atoms with Gasteiger partial charge in [0, 0.05) is 22.0 Å². The van der Waals surface area contributed by atoms with E-state index in [0.29, 0.717) is 10.9 Å². The van der Waals surface area contributed by atoms with Gasteiger partial charge in [0.1, 0.15) is 5.75 Å². The number of hydrogen-bond acceptors (Lipinski definition) is 4. The number of nitrogens with one attached hydrogen (secondary N) is 3. The molecule has 0 aliphatic carbocycles. The van der Waals surface area contributed by atoms with Gasteiger partial charge in [0.2, 0.25) is 5.91 Å². The minimum absolute atomic E-state index is 0.0694. The predicted molar refractivity (Wildman–Crippen MR) is 130 cm³/mol. The van der Waals surface area contributed by atoms with E-state index in [9.17, 15) is 4.79 Å². The van der Waals surface area contributed by atoms with Crippen LogP contribution >= 0.6 is 24.0 Å². The van der Waals surface area contributed by atoms with Gasteiger partial charge in [-0.15, -0.1) is 11.8 Å². The van der Waals surface area contributed by atoms with Gasteiger partial charge in [-0.1, -0.05) is 23.8 Å². The quantitative estimate of drug-likeness (QED) is 0.333. The van der Waals surface area contributed by atoms with Crippen LogP contribution in [0.4, 0.5) is 17.1 Å². The number of thioether (sulfide) groups is 1. The molecule has 0 heterocycles. The first kappa shape index (κ1) is 21.7. The zero-order valence-corrected chi connectivity index (χ0v) is 18.4. The molecule has 0 saturated carbocycles. The molecule has 3 aromatic rings. The Labute approximate surface area is 186 Å². The van der Waals surface area contributed by atoms with Crippen LogP contribution in [-0.2, 0) is 4.79 Å². The second-order valence-electron chi connectivity index (χ2n) is 6.54. The Balaban J connectivity index is 1.50. The lowest BCUT2D eigenvalue weighted by molar-refractivity contribution is -0.113. The maximum atomic E-state index is 12.2. The Morgan fingerprint density at radius 1 is 0.900 bits per heavy atom. The fourth-order valence-corrected chi connectivity index (χ4v) is 3.61. The molecule has 0 fully saturated rings. The molecule has 3 aromatic carbocycles. The number of carbonyl (C=O) groups is 1. The average molecular weight is 438 g/mol. The number of ether oxygens (including phenoxy) is 1. The van der Waals surface area contributed by atoms with Gasteiger partial charge in [0.05, 0.1) is 12.9 Å². The minimum Gasteiger partial charge on any atom is -0.497 e. The molecule has 0 spiro atoms. The maximum absolute atomic E-state index is 12.2. The fraction of sp³-hybridized carbons (Fsp3) is 0.130. The lowest BCUT2D eigenvalue weighted by Crippen LogP contribution is -2.19. The first-order valence-electron chi connectivity index (χ1n) is 9.33. The number of benzene rings is 3. The molecule has 7 heteroatoms. The van der Waals surface area contributed by atoms with Crippen LogP contribution in [0.2, 0.25) is 0 Å². The summed E-state index contributed by atoms with van der Waals surface area (Å²) in [4.78, 5) is 13.2. The van der Waals surface area contributed by atoms with Crippen molar-refractivity contribution in [2.75, 3.05) is 28.8 Å². The lowest BCUT2D eigenvalue weighted by Gasteiger charge is -2.12. The van der Waals surface area contributed by atoms with Crippen LogP contribution in [0.3, 0.4) is 0 Å². The Morgan fingerprint density at radius 2 is 1.53 bits per heavy atom. The van der Waals surface area contributed by atoms with Crippen LogP contribution in [0, 0.1) is 6.92 Å². The van der Waals surface area contributed by atoms with Gasteiger partial charge in [-0.05, 0) is 73.7 Å². The number of anilines is 3. The molecule has 30 heavy (non-hydrogen) atoms. The summed E-state index contributed by atoms with van der Waals surface area (Å²) in [5, 5.41) is 9.73. The van der Waals surface area contributed by atoms with Crippen LogP contribution in [0.15, 0.2) is 77.7 Å². The van der Waals surface area contributed by atoms with E-state index in [-0.39, 0.29) is 5.91 Å². The highest BCUT2D eigenvalue weighted by Crippen LogP contribution is 2.23. The SMILES string of the molecule is COc1ccc(NC(=O)CSc2cccc(NC(=S)Nc3ccc(C)cc3)c2)cc1. The van der Waals surface area contributed by atoms with Crippen molar-refractivity contribution in [3.63, 3.8) is 0 Å². The first-order chi connectivity index (χ1) is 14.5. The van der Waals surface area contributed by atoms with Crippen molar-refractivity contribution in [1.29, 1.82) is 0 Å². The van der Waals surface area contributed by atoms with E-state index >= 15 is 0 Å². The maximum Gasteiger partial charge on any atom is 0.234 e. The zero-order chi connectivity index (χ0) is 21.3. The number of rotatable bonds is 7. The summed E-state index contributed by atoms with van der Waals surface area (Å²) in [5.41, 5.74) is 3.73. The Bertz CT molecular complexity index is 1010. The molecule has 1 amide bonds. The molecule has 0 unspecified atom stereocenters. The van der Waals surface area contributed by atoms with Gasteiger partial charge in [-0.2, -0.15) is 0 Å². The topological polar surface area (TPSA) is 62.4 Å². The number of thiocarbonyl (C=S) groups is 1. The van der Waals surface area contributed by atoms with E-state index in [1.165, 1.54) is 17.3 Å². The highest BCUT2D eigenvalue weighted by atomic mass is 32.2. The molecule has 0 bridgehead atoms. The number of carbonyl (C=O) groups excluding carboxylic acids is 1. The van der Waals surface area contributed by atoms with Gasteiger partial charge in [-0.25, -0.2) is 0 Å². The van der Waals surface area contributed by atoms with Gasteiger partial charge < -0.3 is 20.7 Å². The molecule has 3 rings (SSSR count). The summed E-state index contributed by atoms with van der Waals surface area (Å²) >= 11 is 6.85. The highest BCUT2D eigenvalue weighted by molar-refractivity contribution is 8.00. The third-order valence-corrected chi connectivity index (χ3v) is 5.34. The standard InChI is InChI=1S/C23H23N3O2S2/c1-16-6-8-18(9-7-16)25-23(29)26-19-4-3-5-21(14-19)30-15-22(27)24-17-10-12-20(28-2)13-11-17/h3-14H,15H2,1-2H3,(H,24,27)(H2,25,26,29). The van der Waals surface area contributed by atoms with Gasteiger partial charge >= 0.3 is 0 Å². The average Bonchev–Trinajstić information content (AvgIpc) is 2.75. The lowest BCUT2D eigenvalue weighted by atomic mass is 10.2. The van der Waals surface area contributed by atoms with Crippen LogP contribution in [-0.4, -0.2) is 23.9 Å². The van der Waals surface area contributed by atoms with Gasteiger partial charge in [-0.3, -0.25) is 4.79 Å². The molecule has 3 N–H and O–H groups in total. The van der Waals surface area contributed by atoms with Crippen molar-refractivity contribution in [3.05, 3.63) is 78.4 Å². The minimum atomic E-state index is -0.0694. The number of methoxy groups -OCH3 is 1. The van der Waals surface area contributed by atoms with Crippen molar-refractivity contribution >= 4 is 52.1 Å². The van der Waals surface area contributed by atoms with Crippen molar-refractivity contribution in [2.45, 2.75) is 11.8 Å². The molecule has 0 aromatic heterocycles. The summed E-state index contributed by atoms with van der Waals surface area (Å²) in [5.74, 6) is 0.989. The summed E-state index contributed by atoms with van der Waals surface area (Å²) < 4.78 is 5.12. The molecule has 0 saturated heterocycles. The Hall–Kier alpha value is -3.03. The van der Waals surface area contributed by atoms with E-state index in [1.54, 1.807) is 7.11 Å². The van der Waals surface area contributed by atoms with E-state index in [1.807, 2.05) is 79.7 Å². The van der Waals surface area contributed by atoms with Crippen molar-refractivity contribution in [3.8, 4) is 5.75 Å². The van der Waals surface area contributed by atoms with Crippen molar-refractivity contribution < 1.29 is 9.53 Å². The molecule has 0 aliphatic rings. The second-order valence-corrected chi connectivity index (χ2v) is 8.00. The monoisotopic (exact) mass is 437 g/mol. The van der Waals surface area contributed by atoms with Crippen LogP contribution in [0.5, 0.6) is 5.75 Å². The summed E-state index contributed by atoms with van der Waals surface area (Å²) in [6.45, 7) is 2.04. The van der Waals surface area contributed by atoms with Crippen molar-refractivity contribution in [2.24, 2.45) is 0 Å². The predicted octanol–water partition coefficient (Wildman–Crippen LogP) is 5.54. The van der Waals surface area contributed by atoms with Crippen LogP contribution in [0.1, 0.15) is 5.56 Å². The van der Waals surface area contributed by atoms with Gasteiger partial charge in [0.25, 0.3) is 0 Å². The highest BCUT2D eigenvalue weighted by Gasteiger charge is 2.06. The van der Waals surface area contributed by atoms with Gasteiger partial charge in [0.15, 0.2) is 5.11 Å². The number of aryl methyl sites for hydroxylation is 1.